The van der Waals surface area contributed by atoms with Crippen molar-refractivity contribution in [2.24, 2.45) is 5.92 Å². The fourth-order valence-electron chi connectivity index (χ4n) is 4.44. The summed E-state index contributed by atoms with van der Waals surface area (Å²) in [7, 11) is 1.61. The van der Waals surface area contributed by atoms with Gasteiger partial charge in [-0.25, -0.2) is 4.98 Å². The third-order valence-corrected chi connectivity index (χ3v) is 6.84. The van der Waals surface area contributed by atoms with E-state index in [0.717, 1.165) is 24.9 Å². The van der Waals surface area contributed by atoms with Gasteiger partial charge in [0.15, 0.2) is 5.82 Å². The van der Waals surface area contributed by atoms with E-state index in [0.29, 0.717) is 39.5 Å². The lowest BCUT2D eigenvalue weighted by Crippen LogP contribution is -2.50. The molecule has 2 heterocycles. The monoisotopic (exact) mass is 420 g/mol. The van der Waals surface area contributed by atoms with Crippen LogP contribution >= 0.6 is 23.4 Å². The van der Waals surface area contributed by atoms with Gasteiger partial charge in [-0.15, -0.1) is 5.10 Å². The van der Waals surface area contributed by atoms with Crippen molar-refractivity contribution in [3.05, 3.63) is 23.2 Å². The number of nitrogens with zero attached hydrogens (tertiary/aromatic N) is 3. The SMILES string of the molecule is COc1ccc(Cl)cc1-c1nc(SCC(=O)N2CCC[C@@H]3CCCC[C@H]32)n[nH]1. The smallest absolute Gasteiger partial charge is 0.233 e. The molecule has 0 radical (unpaired) electrons. The number of hydrogen-bond acceptors (Lipinski definition) is 5. The zero-order valence-electron chi connectivity index (χ0n) is 16.0. The second-order valence-electron chi connectivity index (χ2n) is 7.44. The first-order chi connectivity index (χ1) is 13.7. The molecule has 1 aliphatic heterocycles. The fourth-order valence-corrected chi connectivity index (χ4v) is 5.30. The molecule has 0 unspecified atom stereocenters. The molecule has 1 aromatic carbocycles. The second kappa shape index (κ2) is 8.74. The molecule has 8 heteroatoms. The highest BCUT2D eigenvalue weighted by Gasteiger charge is 2.35. The Morgan fingerprint density at radius 2 is 2.14 bits per heavy atom. The van der Waals surface area contributed by atoms with Crippen molar-refractivity contribution in [3.8, 4) is 17.1 Å². The maximum Gasteiger partial charge on any atom is 0.233 e. The molecule has 1 aliphatic carbocycles. The lowest BCUT2D eigenvalue weighted by Gasteiger charge is -2.44. The molecule has 1 aromatic heterocycles. The summed E-state index contributed by atoms with van der Waals surface area (Å²) in [4.78, 5) is 19.5. The standard InChI is InChI=1S/C20H25ClN4O2S/c1-27-17-9-8-14(21)11-15(17)19-22-20(24-23-19)28-12-18(26)25-10-4-6-13-5-2-3-7-16(13)25/h8-9,11,13,16H,2-7,10,12H2,1H3,(H,22,23,24)/t13-,16+/m0/s1. The Kier molecular flexibility index (Phi) is 6.11. The molecule has 2 atom stereocenters. The van der Waals surface area contributed by atoms with Crippen molar-refractivity contribution in [3.63, 3.8) is 0 Å². The van der Waals surface area contributed by atoms with Gasteiger partial charge in [0.05, 0.1) is 18.4 Å². The van der Waals surface area contributed by atoms with Gasteiger partial charge in [-0.3, -0.25) is 9.89 Å². The minimum absolute atomic E-state index is 0.202. The van der Waals surface area contributed by atoms with E-state index in [-0.39, 0.29) is 5.91 Å². The van der Waals surface area contributed by atoms with E-state index in [2.05, 4.69) is 20.1 Å². The van der Waals surface area contributed by atoms with Gasteiger partial charge in [-0.2, -0.15) is 0 Å². The fraction of sp³-hybridized carbons (Fsp3) is 0.550. The summed E-state index contributed by atoms with van der Waals surface area (Å²) in [5, 5.41) is 8.34. The van der Waals surface area contributed by atoms with Crippen molar-refractivity contribution in [1.29, 1.82) is 0 Å². The number of halogens is 1. The summed E-state index contributed by atoms with van der Waals surface area (Å²) in [5.74, 6) is 2.52. The molecule has 2 aromatic rings. The van der Waals surface area contributed by atoms with Crippen molar-refractivity contribution in [2.45, 2.75) is 49.7 Å². The van der Waals surface area contributed by atoms with Crippen molar-refractivity contribution in [2.75, 3.05) is 19.4 Å². The van der Waals surface area contributed by atoms with Gasteiger partial charge < -0.3 is 9.64 Å². The number of carbonyl (C=O) groups is 1. The number of nitrogens with one attached hydrogen (secondary N) is 1. The molecular weight excluding hydrogens is 396 g/mol. The Bertz CT molecular complexity index is 841. The minimum Gasteiger partial charge on any atom is -0.496 e. The minimum atomic E-state index is 0.202. The molecule has 2 fully saturated rings. The molecule has 1 N–H and O–H groups in total. The van der Waals surface area contributed by atoms with E-state index in [1.54, 1.807) is 25.3 Å². The summed E-state index contributed by atoms with van der Waals surface area (Å²) >= 11 is 7.48. The van der Waals surface area contributed by atoms with E-state index in [1.807, 2.05) is 0 Å². The van der Waals surface area contributed by atoms with E-state index < -0.39 is 0 Å². The largest absolute Gasteiger partial charge is 0.496 e. The van der Waals surface area contributed by atoms with Crippen LogP contribution in [0.3, 0.4) is 0 Å². The highest BCUT2D eigenvalue weighted by Crippen LogP contribution is 2.36. The number of thioether (sulfide) groups is 1. The number of piperidine rings is 1. The lowest BCUT2D eigenvalue weighted by molar-refractivity contribution is -0.134. The molecule has 1 saturated carbocycles. The molecule has 150 valence electrons. The van der Waals surface area contributed by atoms with Gasteiger partial charge in [-0.1, -0.05) is 36.2 Å². The topological polar surface area (TPSA) is 71.1 Å². The van der Waals surface area contributed by atoms with Crippen LogP contribution < -0.4 is 4.74 Å². The van der Waals surface area contributed by atoms with Crippen LogP contribution in [0.4, 0.5) is 0 Å². The van der Waals surface area contributed by atoms with Crippen LogP contribution in [-0.4, -0.2) is 51.4 Å². The van der Waals surface area contributed by atoms with Gasteiger partial charge in [0.1, 0.15) is 5.75 Å². The van der Waals surface area contributed by atoms with Crippen LogP contribution in [0.5, 0.6) is 5.75 Å². The number of H-pyrrole nitrogens is 1. The predicted octanol–water partition coefficient (Wildman–Crippen LogP) is 4.41. The third kappa shape index (κ3) is 4.15. The zero-order valence-corrected chi connectivity index (χ0v) is 17.6. The van der Waals surface area contributed by atoms with E-state index in [1.165, 1.54) is 37.4 Å². The first-order valence-corrected chi connectivity index (χ1v) is 11.2. The van der Waals surface area contributed by atoms with Crippen LogP contribution in [0, 0.1) is 5.92 Å². The highest BCUT2D eigenvalue weighted by atomic mass is 35.5. The van der Waals surface area contributed by atoms with E-state index in [4.69, 9.17) is 16.3 Å². The van der Waals surface area contributed by atoms with Crippen LogP contribution in [0.2, 0.25) is 5.02 Å². The van der Waals surface area contributed by atoms with Crippen molar-refractivity contribution in [1.82, 2.24) is 20.1 Å². The molecule has 1 amide bonds. The Hall–Kier alpha value is -1.73. The maximum absolute atomic E-state index is 12.9. The molecule has 0 spiro atoms. The van der Waals surface area contributed by atoms with E-state index in [9.17, 15) is 4.79 Å². The zero-order chi connectivity index (χ0) is 19.5. The summed E-state index contributed by atoms with van der Waals surface area (Å²) in [6, 6.07) is 5.80. The van der Waals surface area contributed by atoms with Crippen LogP contribution in [0.15, 0.2) is 23.4 Å². The number of benzene rings is 1. The number of carbonyl (C=O) groups excluding carboxylic acids is 1. The number of likely N-dealkylation sites (tertiary alicyclic amines) is 1. The average molecular weight is 421 g/mol. The Morgan fingerprint density at radius 1 is 1.32 bits per heavy atom. The predicted molar refractivity (Wildman–Crippen MR) is 111 cm³/mol. The molecule has 4 rings (SSSR count). The summed E-state index contributed by atoms with van der Waals surface area (Å²) in [5.41, 5.74) is 0.752. The third-order valence-electron chi connectivity index (χ3n) is 5.77. The first-order valence-electron chi connectivity index (χ1n) is 9.84. The highest BCUT2D eigenvalue weighted by molar-refractivity contribution is 7.99. The number of ether oxygens (including phenoxy) is 1. The summed E-state index contributed by atoms with van der Waals surface area (Å²) in [6.07, 6.45) is 7.37. The number of rotatable bonds is 5. The quantitative estimate of drug-likeness (QED) is 0.725. The van der Waals surface area contributed by atoms with Crippen LogP contribution in [0.1, 0.15) is 38.5 Å². The van der Waals surface area contributed by atoms with Crippen LogP contribution in [-0.2, 0) is 4.79 Å². The lowest BCUT2D eigenvalue weighted by atomic mass is 9.78. The van der Waals surface area contributed by atoms with Gasteiger partial charge in [0, 0.05) is 17.6 Å². The Balaban J connectivity index is 1.41. The molecule has 1 saturated heterocycles. The molecule has 6 nitrogen and oxygen atoms in total. The Morgan fingerprint density at radius 3 is 3.00 bits per heavy atom. The number of fused-ring (bicyclic) bond motifs is 1. The number of methoxy groups -OCH3 is 1. The van der Waals surface area contributed by atoms with Crippen molar-refractivity contribution >= 4 is 29.3 Å². The van der Waals surface area contributed by atoms with Gasteiger partial charge in [-0.05, 0) is 49.8 Å². The van der Waals surface area contributed by atoms with Crippen LogP contribution in [0.25, 0.3) is 11.4 Å². The first kappa shape index (κ1) is 19.6. The average Bonchev–Trinajstić information content (AvgIpc) is 3.20. The Labute approximate surface area is 174 Å². The maximum atomic E-state index is 12.9. The molecule has 2 aliphatic rings. The molecule has 28 heavy (non-hydrogen) atoms. The second-order valence-corrected chi connectivity index (χ2v) is 8.82. The number of amides is 1. The number of hydrogen-bond donors (Lipinski definition) is 1. The number of aromatic nitrogens is 3. The molecular formula is C20H25ClN4O2S. The van der Waals surface area contributed by atoms with Gasteiger partial charge in [0.25, 0.3) is 0 Å². The summed E-state index contributed by atoms with van der Waals surface area (Å²) < 4.78 is 5.38. The van der Waals surface area contributed by atoms with Crippen molar-refractivity contribution < 1.29 is 9.53 Å². The number of aromatic amines is 1. The normalized spacial score (nSPS) is 22.0. The molecule has 0 bridgehead atoms. The van der Waals surface area contributed by atoms with E-state index >= 15 is 0 Å². The van der Waals surface area contributed by atoms with Gasteiger partial charge in [0.2, 0.25) is 11.1 Å². The van der Waals surface area contributed by atoms with Gasteiger partial charge >= 0.3 is 0 Å². The summed E-state index contributed by atoms with van der Waals surface area (Å²) in [6.45, 7) is 0.888.